The first-order valence-corrected chi connectivity index (χ1v) is 9.83. The van der Waals surface area contributed by atoms with E-state index in [0.29, 0.717) is 11.9 Å². The lowest BCUT2D eigenvalue weighted by Gasteiger charge is -2.29. The second-order valence-electron chi connectivity index (χ2n) is 7.52. The summed E-state index contributed by atoms with van der Waals surface area (Å²) >= 11 is 0. The van der Waals surface area contributed by atoms with Crippen LogP contribution in [0.2, 0.25) is 0 Å². The quantitative estimate of drug-likeness (QED) is 0.737. The van der Waals surface area contributed by atoms with Gasteiger partial charge in [-0.25, -0.2) is 14.3 Å². The van der Waals surface area contributed by atoms with E-state index in [4.69, 9.17) is 0 Å². The van der Waals surface area contributed by atoms with Gasteiger partial charge in [-0.3, -0.25) is 4.79 Å². The Kier molecular flexibility index (Phi) is 4.34. The molecular weight excluding hydrogens is 356 g/mol. The molecule has 3 aromatic rings. The molecule has 0 amide bonds. The summed E-state index contributed by atoms with van der Waals surface area (Å²) in [6.07, 6.45) is 10.1. The standard InChI is InChI=1S/C19H22N8O/c28-19-9-8-18(26-12-20-11-21-26)25-27(19)15-6-4-14(5-7-15)22-17-10-13-2-1-3-16(13)23-24-17/h8-12,14-15H,1-7H2,(H,22,24). The molecule has 5 rings (SSSR count). The van der Waals surface area contributed by atoms with E-state index in [2.05, 4.69) is 36.8 Å². The lowest BCUT2D eigenvalue weighted by Crippen LogP contribution is -2.33. The predicted octanol–water partition coefficient (Wildman–Crippen LogP) is 1.70. The van der Waals surface area contributed by atoms with Crippen LogP contribution in [0.5, 0.6) is 0 Å². The van der Waals surface area contributed by atoms with Crippen molar-refractivity contribution in [3.05, 3.63) is 52.5 Å². The van der Waals surface area contributed by atoms with Gasteiger partial charge in [-0.15, -0.1) is 10.2 Å². The van der Waals surface area contributed by atoms with Crippen molar-refractivity contribution in [1.82, 2.24) is 34.7 Å². The summed E-state index contributed by atoms with van der Waals surface area (Å²) in [5.74, 6) is 1.47. The van der Waals surface area contributed by atoms with Crippen molar-refractivity contribution in [1.29, 1.82) is 0 Å². The third kappa shape index (κ3) is 3.28. The Bertz CT molecular complexity index is 1020. The Morgan fingerprint density at radius 1 is 1.07 bits per heavy atom. The smallest absolute Gasteiger partial charge is 0.267 e. The molecular formula is C19H22N8O. The number of anilines is 1. The van der Waals surface area contributed by atoms with Crippen molar-refractivity contribution in [3.63, 3.8) is 0 Å². The number of aromatic nitrogens is 7. The van der Waals surface area contributed by atoms with E-state index in [-0.39, 0.29) is 11.6 Å². The van der Waals surface area contributed by atoms with Gasteiger partial charge in [0.2, 0.25) is 0 Å². The second kappa shape index (κ2) is 7.14. The molecule has 0 aromatic carbocycles. The van der Waals surface area contributed by atoms with E-state index >= 15 is 0 Å². The molecule has 0 spiro atoms. The van der Waals surface area contributed by atoms with E-state index in [1.165, 1.54) is 18.3 Å². The predicted molar refractivity (Wildman–Crippen MR) is 102 cm³/mol. The van der Waals surface area contributed by atoms with Gasteiger partial charge in [0.05, 0.1) is 11.7 Å². The molecule has 1 saturated carbocycles. The molecule has 0 saturated heterocycles. The fourth-order valence-corrected chi connectivity index (χ4v) is 4.20. The van der Waals surface area contributed by atoms with Crippen LogP contribution in [-0.4, -0.2) is 40.8 Å². The van der Waals surface area contributed by atoms with Crippen molar-refractivity contribution >= 4 is 5.82 Å². The largest absolute Gasteiger partial charge is 0.366 e. The highest BCUT2D eigenvalue weighted by Crippen LogP contribution is 2.29. The molecule has 0 atom stereocenters. The highest BCUT2D eigenvalue weighted by Gasteiger charge is 2.25. The van der Waals surface area contributed by atoms with Crippen LogP contribution in [-0.2, 0) is 12.8 Å². The second-order valence-corrected chi connectivity index (χ2v) is 7.52. The Labute approximate surface area is 161 Å². The summed E-state index contributed by atoms with van der Waals surface area (Å²) in [7, 11) is 0. The normalized spacial score (nSPS) is 21.4. The van der Waals surface area contributed by atoms with Gasteiger partial charge in [-0.1, -0.05) is 0 Å². The fraction of sp³-hybridized carbons (Fsp3) is 0.474. The van der Waals surface area contributed by atoms with Crippen molar-refractivity contribution in [2.24, 2.45) is 0 Å². The van der Waals surface area contributed by atoms with Gasteiger partial charge in [0.15, 0.2) is 5.82 Å². The van der Waals surface area contributed by atoms with E-state index < -0.39 is 0 Å². The number of nitrogens with one attached hydrogen (secondary N) is 1. The third-order valence-electron chi connectivity index (χ3n) is 5.68. The van der Waals surface area contributed by atoms with Crippen LogP contribution in [0.3, 0.4) is 0 Å². The van der Waals surface area contributed by atoms with Crippen LogP contribution in [0.4, 0.5) is 5.82 Å². The number of hydrogen-bond donors (Lipinski definition) is 1. The molecule has 3 heterocycles. The molecule has 0 radical (unpaired) electrons. The summed E-state index contributed by atoms with van der Waals surface area (Å²) in [6.45, 7) is 0. The van der Waals surface area contributed by atoms with Crippen LogP contribution in [0.15, 0.2) is 35.6 Å². The molecule has 2 aliphatic rings. The minimum Gasteiger partial charge on any atom is -0.366 e. The SMILES string of the molecule is O=c1ccc(-n2cncn2)nn1C1CCC(Nc2cc3c(nn2)CCC3)CC1. The third-order valence-corrected chi connectivity index (χ3v) is 5.68. The minimum absolute atomic E-state index is 0.0789. The summed E-state index contributed by atoms with van der Waals surface area (Å²) < 4.78 is 3.16. The average Bonchev–Trinajstić information content (AvgIpc) is 3.41. The van der Waals surface area contributed by atoms with E-state index in [9.17, 15) is 4.79 Å². The van der Waals surface area contributed by atoms with Gasteiger partial charge < -0.3 is 5.32 Å². The van der Waals surface area contributed by atoms with E-state index in [0.717, 1.165) is 50.0 Å². The monoisotopic (exact) mass is 378 g/mol. The Morgan fingerprint density at radius 3 is 2.79 bits per heavy atom. The lowest BCUT2D eigenvalue weighted by molar-refractivity contribution is 0.302. The highest BCUT2D eigenvalue weighted by atomic mass is 16.1. The summed E-state index contributed by atoms with van der Waals surface area (Å²) in [6, 6.07) is 5.82. The Balaban J connectivity index is 1.26. The number of aryl methyl sites for hydroxylation is 2. The van der Waals surface area contributed by atoms with Gasteiger partial charge in [0, 0.05) is 12.1 Å². The number of nitrogens with zero attached hydrogens (tertiary/aromatic N) is 7. The summed E-state index contributed by atoms with van der Waals surface area (Å²) in [5, 5.41) is 20.8. The molecule has 9 nitrogen and oxygen atoms in total. The topological polar surface area (TPSA) is 103 Å². The van der Waals surface area contributed by atoms with Gasteiger partial charge in [-0.05, 0) is 62.6 Å². The molecule has 0 bridgehead atoms. The van der Waals surface area contributed by atoms with Crippen molar-refractivity contribution in [2.75, 3.05) is 5.32 Å². The number of fused-ring (bicyclic) bond motifs is 1. The van der Waals surface area contributed by atoms with Crippen LogP contribution in [0.25, 0.3) is 5.82 Å². The molecule has 2 aliphatic carbocycles. The van der Waals surface area contributed by atoms with Gasteiger partial charge in [-0.2, -0.15) is 10.2 Å². The first-order valence-electron chi connectivity index (χ1n) is 9.83. The Morgan fingerprint density at radius 2 is 1.96 bits per heavy atom. The highest BCUT2D eigenvalue weighted by molar-refractivity contribution is 5.40. The minimum atomic E-state index is -0.0789. The summed E-state index contributed by atoms with van der Waals surface area (Å²) in [5.41, 5.74) is 2.39. The zero-order chi connectivity index (χ0) is 18.9. The maximum atomic E-state index is 12.3. The van der Waals surface area contributed by atoms with Crippen LogP contribution >= 0.6 is 0 Å². The first-order chi connectivity index (χ1) is 13.8. The summed E-state index contributed by atoms with van der Waals surface area (Å²) in [4.78, 5) is 16.3. The van der Waals surface area contributed by atoms with Crippen LogP contribution in [0, 0.1) is 0 Å². The fourth-order valence-electron chi connectivity index (χ4n) is 4.20. The van der Waals surface area contributed by atoms with Crippen molar-refractivity contribution in [3.8, 4) is 5.82 Å². The molecule has 1 fully saturated rings. The zero-order valence-electron chi connectivity index (χ0n) is 15.5. The van der Waals surface area contributed by atoms with Crippen molar-refractivity contribution in [2.45, 2.75) is 57.0 Å². The molecule has 0 unspecified atom stereocenters. The van der Waals surface area contributed by atoms with Gasteiger partial charge >= 0.3 is 0 Å². The van der Waals surface area contributed by atoms with Crippen LogP contribution in [0.1, 0.15) is 49.4 Å². The first kappa shape index (κ1) is 17.0. The number of hydrogen-bond acceptors (Lipinski definition) is 7. The molecule has 144 valence electrons. The molecule has 28 heavy (non-hydrogen) atoms. The molecule has 1 N–H and O–H groups in total. The van der Waals surface area contributed by atoms with Crippen LogP contribution < -0.4 is 10.9 Å². The molecule has 9 heteroatoms. The number of rotatable bonds is 4. The van der Waals surface area contributed by atoms with Crippen molar-refractivity contribution < 1.29 is 0 Å². The lowest BCUT2D eigenvalue weighted by atomic mass is 9.91. The van der Waals surface area contributed by atoms with E-state index in [1.54, 1.807) is 27.8 Å². The zero-order valence-corrected chi connectivity index (χ0v) is 15.5. The average molecular weight is 378 g/mol. The van der Waals surface area contributed by atoms with Gasteiger partial charge in [0.1, 0.15) is 18.5 Å². The van der Waals surface area contributed by atoms with E-state index in [1.807, 2.05) is 0 Å². The maximum Gasteiger partial charge on any atom is 0.267 e. The molecule has 0 aliphatic heterocycles. The molecule has 3 aromatic heterocycles. The maximum absolute atomic E-state index is 12.3. The van der Waals surface area contributed by atoms with Gasteiger partial charge in [0.25, 0.3) is 5.56 Å². The Hall–Kier alpha value is -3.10.